The van der Waals surface area contributed by atoms with Gasteiger partial charge in [-0.05, 0) is 28.3 Å². The fraction of sp³-hybridized carbons (Fsp3) is 0.529. The van der Waals surface area contributed by atoms with Gasteiger partial charge in [-0.15, -0.1) is 11.3 Å². The fourth-order valence-electron chi connectivity index (χ4n) is 3.27. The number of hydrogen-bond acceptors (Lipinski definition) is 3. The monoisotopic (exact) mass is 288 g/mol. The summed E-state index contributed by atoms with van der Waals surface area (Å²) in [7, 11) is 0. The minimum Gasteiger partial charge on any atom is -0.314 e. The molecule has 1 saturated heterocycles. The Bertz CT molecular complexity index is 557. The largest absolute Gasteiger partial charge is 0.314 e. The van der Waals surface area contributed by atoms with Crippen LogP contribution in [0, 0.1) is 5.92 Å². The molecule has 0 spiro atoms. The average molecular weight is 288 g/mol. The second kappa shape index (κ2) is 6.25. The minimum atomic E-state index is 0.568. The van der Waals surface area contributed by atoms with Crippen molar-refractivity contribution in [2.24, 2.45) is 5.92 Å². The molecule has 1 aromatic carbocycles. The van der Waals surface area contributed by atoms with Crippen LogP contribution in [0.4, 0.5) is 0 Å². The van der Waals surface area contributed by atoms with Crippen LogP contribution < -0.4 is 5.32 Å². The number of thiophene rings is 1. The van der Waals surface area contributed by atoms with E-state index in [4.69, 9.17) is 0 Å². The van der Waals surface area contributed by atoms with Crippen LogP contribution in [0.5, 0.6) is 0 Å². The molecule has 2 aromatic rings. The molecule has 0 amide bonds. The summed E-state index contributed by atoms with van der Waals surface area (Å²) in [5.41, 5.74) is 1.54. The molecule has 0 bridgehead atoms. The van der Waals surface area contributed by atoms with Crippen molar-refractivity contribution in [2.75, 3.05) is 26.2 Å². The van der Waals surface area contributed by atoms with E-state index in [0.29, 0.717) is 12.0 Å². The van der Waals surface area contributed by atoms with Crippen LogP contribution in [0.2, 0.25) is 0 Å². The summed E-state index contributed by atoms with van der Waals surface area (Å²) in [6.45, 7) is 9.29. The zero-order valence-corrected chi connectivity index (χ0v) is 13.2. The molecule has 3 rings (SSSR count). The van der Waals surface area contributed by atoms with Gasteiger partial charge in [-0.1, -0.05) is 38.5 Å². The first-order valence-electron chi connectivity index (χ1n) is 7.72. The van der Waals surface area contributed by atoms with Gasteiger partial charge in [-0.25, -0.2) is 0 Å². The fourth-order valence-corrected chi connectivity index (χ4v) is 4.26. The summed E-state index contributed by atoms with van der Waals surface area (Å²) in [4.78, 5) is 2.68. The van der Waals surface area contributed by atoms with Gasteiger partial charge in [0, 0.05) is 36.9 Å². The quantitative estimate of drug-likeness (QED) is 0.918. The average Bonchev–Trinajstić information content (AvgIpc) is 2.92. The van der Waals surface area contributed by atoms with Gasteiger partial charge in [0.25, 0.3) is 0 Å². The van der Waals surface area contributed by atoms with E-state index >= 15 is 0 Å². The van der Waals surface area contributed by atoms with Crippen LogP contribution in [-0.4, -0.2) is 31.1 Å². The van der Waals surface area contributed by atoms with Gasteiger partial charge in [0.1, 0.15) is 0 Å². The molecule has 2 atom stereocenters. The van der Waals surface area contributed by atoms with Crippen molar-refractivity contribution < 1.29 is 0 Å². The topological polar surface area (TPSA) is 15.3 Å². The number of fused-ring (bicyclic) bond motifs is 1. The molecule has 108 valence electrons. The maximum Gasteiger partial charge on any atom is 0.0389 e. The zero-order valence-electron chi connectivity index (χ0n) is 12.4. The Morgan fingerprint density at radius 3 is 2.75 bits per heavy atom. The van der Waals surface area contributed by atoms with E-state index in [9.17, 15) is 0 Å². The molecular formula is C17H24N2S. The van der Waals surface area contributed by atoms with Crippen LogP contribution >= 0.6 is 11.3 Å². The molecule has 1 aliphatic rings. The zero-order chi connectivity index (χ0) is 13.9. The number of nitrogens with zero attached hydrogens (tertiary/aromatic N) is 1. The molecule has 0 aliphatic carbocycles. The van der Waals surface area contributed by atoms with Crippen molar-refractivity contribution >= 4 is 21.4 Å². The molecule has 1 aromatic heterocycles. The molecule has 0 saturated carbocycles. The predicted molar refractivity (Wildman–Crippen MR) is 88.5 cm³/mol. The van der Waals surface area contributed by atoms with Gasteiger partial charge in [-0.3, -0.25) is 4.90 Å². The molecule has 1 N–H and O–H groups in total. The standard InChI is InChI=1S/C17H24N2S/c1-3-13(2)17(19-10-8-18-9-11-19)15-12-20-16-7-5-4-6-14(15)16/h4-7,12-13,17-18H,3,8-11H2,1-2H3/t13?,17-/m0/s1. The van der Waals surface area contributed by atoms with E-state index in [1.165, 1.54) is 29.6 Å². The second-order valence-electron chi connectivity index (χ2n) is 5.80. The highest BCUT2D eigenvalue weighted by molar-refractivity contribution is 7.17. The second-order valence-corrected chi connectivity index (χ2v) is 6.71. The summed E-state index contributed by atoms with van der Waals surface area (Å²) in [5, 5.41) is 7.32. The third-order valence-electron chi connectivity index (χ3n) is 4.56. The number of piperazine rings is 1. The van der Waals surface area contributed by atoms with E-state index in [1.54, 1.807) is 5.56 Å². The summed E-state index contributed by atoms with van der Waals surface area (Å²) in [6.07, 6.45) is 1.23. The molecule has 1 aliphatic heterocycles. The molecule has 2 nitrogen and oxygen atoms in total. The van der Waals surface area contributed by atoms with E-state index in [1.807, 2.05) is 11.3 Å². The maximum absolute atomic E-state index is 3.47. The van der Waals surface area contributed by atoms with Gasteiger partial charge >= 0.3 is 0 Å². The first-order valence-corrected chi connectivity index (χ1v) is 8.60. The number of nitrogens with one attached hydrogen (secondary N) is 1. The Balaban J connectivity index is 1.99. The Hall–Kier alpha value is -0.900. The van der Waals surface area contributed by atoms with E-state index < -0.39 is 0 Å². The van der Waals surface area contributed by atoms with Gasteiger partial charge in [0.05, 0.1) is 0 Å². The van der Waals surface area contributed by atoms with E-state index in [0.717, 1.165) is 13.1 Å². The Morgan fingerprint density at radius 1 is 1.25 bits per heavy atom. The van der Waals surface area contributed by atoms with Crippen molar-refractivity contribution in [3.63, 3.8) is 0 Å². The summed E-state index contributed by atoms with van der Waals surface area (Å²) >= 11 is 1.89. The van der Waals surface area contributed by atoms with Crippen molar-refractivity contribution in [2.45, 2.75) is 26.3 Å². The van der Waals surface area contributed by atoms with E-state index in [-0.39, 0.29) is 0 Å². The summed E-state index contributed by atoms with van der Waals surface area (Å²) < 4.78 is 1.42. The molecule has 2 heterocycles. The lowest BCUT2D eigenvalue weighted by Crippen LogP contribution is -2.46. The molecule has 3 heteroatoms. The normalized spacial score (nSPS) is 20.1. The van der Waals surface area contributed by atoms with Crippen LogP contribution in [0.3, 0.4) is 0 Å². The van der Waals surface area contributed by atoms with Crippen molar-refractivity contribution in [1.29, 1.82) is 0 Å². The highest BCUT2D eigenvalue weighted by Crippen LogP contribution is 2.38. The third-order valence-corrected chi connectivity index (χ3v) is 5.54. The number of rotatable bonds is 4. The van der Waals surface area contributed by atoms with Crippen LogP contribution in [0.25, 0.3) is 10.1 Å². The molecular weight excluding hydrogens is 264 g/mol. The molecule has 1 fully saturated rings. The van der Waals surface area contributed by atoms with Crippen molar-refractivity contribution in [3.05, 3.63) is 35.2 Å². The number of hydrogen-bond donors (Lipinski definition) is 1. The first-order chi connectivity index (χ1) is 9.81. The van der Waals surface area contributed by atoms with Crippen LogP contribution in [0.1, 0.15) is 31.9 Å². The molecule has 1 unspecified atom stereocenters. The van der Waals surface area contributed by atoms with Gasteiger partial charge in [0.2, 0.25) is 0 Å². The summed E-state index contributed by atoms with van der Waals surface area (Å²) in [6, 6.07) is 9.42. The Morgan fingerprint density at radius 2 is 2.00 bits per heavy atom. The smallest absolute Gasteiger partial charge is 0.0389 e. The van der Waals surface area contributed by atoms with Crippen molar-refractivity contribution in [1.82, 2.24) is 10.2 Å². The minimum absolute atomic E-state index is 0.568. The van der Waals surface area contributed by atoms with Crippen molar-refractivity contribution in [3.8, 4) is 0 Å². The number of benzene rings is 1. The van der Waals surface area contributed by atoms with Gasteiger partial charge < -0.3 is 5.32 Å². The summed E-state index contributed by atoms with van der Waals surface area (Å²) in [5.74, 6) is 0.700. The lowest BCUT2D eigenvalue weighted by atomic mass is 9.90. The predicted octanol–water partition coefficient (Wildman–Crippen LogP) is 3.89. The van der Waals surface area contributed by atoms with Gasteiger partial charge in [0.15, 0.2) is 0 Å². The van der Waals surface area contributed by atoms with Crippen LogP contribution in [0.15, 0.2) is 29.6 Å². The lowest BCUT2D eigenvalue weighted by Gasteiger charge is -2.38. The highest BCUT2D eigenvalue weighted by atomic mass is 32.1. The van der Waals surface area contributed by atoms with Gasteiger partial charge in [-0.2, -0.15) is 0 Å². The first kappa shape index (κ1) is 14.1. The molecule has 0 radical (unpaired) electrons. The SMILES string of the molecule is CCC(C)[C@@H](c1csc2ccccc12)N1CCNCC1. The molecule has 20 heavy (non-hydrogen) atoms. The van der Waals surface area contributed by atoms with E-state index in [2.05, 4.69) is 53.7 Å². The Labute approximate surface area is 125 Å². The maximum atomic E-state index is 3.47. The van der Waals surface area contributed by atoms with Crippen LogP contribution in [-0.2, 0) is 0 Å². The third kappa shape index (κ3) is 2.62. The highest BCUT2D eigenvalue weighted by Gasteiger charge is 2.28. The lowest BCUT2D eigenvalue weighted by molar-refractivity contribution is 0.130. The Kier molecular flexibility index (Phi) is 4.39.